The minimum atomic E-state index is -0.604. The van der Waals surface area contributed by atoms with Gasteiger partial charge in [0.15, 0.2) is 5.75 Å². The number of nitrogens with zero attached hydrogens (tertiary/aromatic N) is 1. The van der Waals surface area contributed by atoms with Gasteiger partial charge in [0.1, 0.15) is 0 Å². The lowest BCUT2D eigenvalue weighted by molar-refractivity contribution is -0.385. The summed E-state index contributed by atoms with van der Waals surface area (Å²) in [5, 5.41) is 22.2. The number of aliphatic hydroxyl groups excluding tert-OH is 1. The molecule has 1 unspecified atom stereocenters. The molecule has 0 aliphatic heterocycles. The number of methoxy groups -OCH3 is 1. The molecule has 1 aromatic rings. The quantitative estimate of drug-likeness (QED) is 0.594. The molecule has 19 heavy (non-hydrogen) atoms. The van der Waals surface area contributed by atoms with Crippen LogP contribution in [0.1, 0.15) is 23.7 Å². The molecule has 2 N–H and O–H groups in total. The van der Waals surface area contributed by atoms with E-state index in [0.29, 0.717) is 6.42 Å². The minimum absolute atomic E-state index is 0.0375. The van der Waals surface area contributed by atoms with Crippen LogP contribution in [-0.2, 0) is 0 Å². The topological polar surface area (TPSA) is 102 Å². The maximum atomic E-state index is 11.8. The summed E-state index contributed by atoms with van der Waals surface area (Å²) in [4.78, 5) is 22.1. The normalized spacial score (nSPS) is 11.7. The van der Waals surface area contributed by atoms with E-state index < -0.39 is 10.8 Å². The first-order valence-electron chi connectivity index (χ1n) is 5.73. The Hall–Kier alpha value is -2.15. The lowest BCUT2D eigenvalue weighted by Gasteiger charge is -2.12. The number of carbonyl (C=O) groups excluding carboxylic acids is 1. The Kier molecular flexibility index (Phi) is 5.25. The molecular formula is C12H16N2O5. The van der Waals surface area contributed by atoms with Gasteiger partial charge in [0.25, 0.3) is 5.91 Å². The van der Waals surface area contributed by atoms with E-state index in [4.69, 9.17) is 9.84 Å². The summed E-state index contributed by atoms with van der Waals surface area (Å²) >= 11 is 0. The lowest BCUT2D eigenvalue weighted by atomic mass is 10.1. The van der Waals surface area contributed by atoms with Gasteiger partial charge in [-0.25, -0.2) is 0 Å². The van der Waals surface area contributed by atoms with Gasteiger partial charge in [-0.1, -0.05) is 0 Å². The summed E-state index contributed by atoms with van der Waals surface area (Å²) in [6.45, 7) is 1.70. The Bertz CT molecular complexity index is 475. The summed E-state index contributed by atoms with van der Waals surface area (Å²) in [7, 11) is 1.32. The van der Waals surface area contributed by atoms with E-state index >= 15 is 0 Å². The Morgan fingerprint density at radius 2 is 2.26 bits per heavy atom. The van der Waals surface area contributed by atoms with Crippen molar-refractivity contribution in [1.29, 1.82) is 0 Å². The first-order chi connectivity index (χ1) is 8.99. The standard InChI is InChI=1S/C12H16N2O5/c1-8(5-6-15)13-12(16)9-3-4-11(19-2)10(7-9)14(17)18/h3-4,7-8,15H,5-6H2,1-2H3,(H,13,16). The lowest BCUT2D eigenvalue weighted by Crippen LogP contribution is -2.33. The zero-order chi connectivity index (χ0) is 14.4. The van der Waals surface area contributed by atoms with Crippen molar-refractivity contribution in [2.24, 2.45) is 0 Å². The van der Waals surface area contributed by atoms with Gasteiger partial charge < -0.3 is 15.2 Å². The van der Waals surface area contributed by atoms with Crippen molar-refractivity contribution in [1.82, 2.24) is 5.32 Å². The molecule has 0 fully saturated rings. The summed E-state index contributed by atoms with van der Waals surface area (Å²) in [6, 6.07) is 3.79. The first-order valence-corrected chi connectivity index (χ1v) is 5.73. The van der Waals surface area contributed by atoms with Gasteiger partial charge in [-0.3, -0.25) is 14.9 Å². The second kappa shape index (κ2) is 6.69. The number of rotatable bonds is 6. The van der Waals surface area contributed by atoms with Crippen molar-refractivity contribution >= 4 is 11.6 Å². The highest BCUT2D eigenvalue weighted by molar-refractivity contribution is 5.95. The molecule has 104 valence electrons. The molecule has 0 aliphatic carbocycles. The fourth-order valence-electron chi connectivity index (χ4n) is 1.55. The third-order valence-electron chi connectivity index (χ3n) is 2.58. The predicted octanol–water partition coefficient (Wildman–Crippen LogP) is 1.10. The molecule has 1 aromatic carbocycles. The van der Waals surface area contributed by atoms with E-state index in [1.807, 2.05) is 0 Å². The third-order valence-corrected chi connectivity index (χ3v) is 2.58. The zero-order valence-electron chi connectivity index (χ0n) is 10.8. The number of amides is 1. The van der Waals surface area contributed by atoms with Crippen LogP contribution in [0, 0.1) is 10.1 Å². The summed E-state index contributed by atoms with van der Waals surface area (Å²) in [5.41, 5.74) is -0.0812. The van der Waals surface area contributed by atoms with E-state index in [9.17, 15) is 14.9 Å². The average Bonchev–Trinajstić information content (AvgIpc) is 2.37. The molecule has 0 saturated carbocycles. The van der Waals surface area contributed by atoms with Gasteiger partial charge in [0, 0.05) is 24.3 Å². The van der Waals surface area contributed by atoms with Gasteiger partial charge in [0.05, 0.1) is 12.0 Å². The van der Waals surface area contributed by atoms with E-state index in [1.54, 1.807) is 6.92 Å². The summed E-state index contributed by atoms with van der Waals surface area (Å²) < 4.78 is 4.85. The number of hydrogen-bond acceptors (Lipinski definition) is 5. The number of nitrogens with one attached hydrogen (secondary N) is 1. The van der Waals surface area contributed by atoms with Crippen molar-refractivity contribution in [3.05, 3.63) is 33.9 Å². The van der Waals surface area contributed by atoms with Crippen LogP contribution in [0.5, 0.6) is 5.75 Å². The van der Waals surface area contributed by atoms with Crippen LogP contribution in [0.15, 0.2) is 18.2 Å². The number of hydrogen-bond donors (Lipinski definition) is 2. The molecule has 1 amide bonds. The van der Waals surface area contributed by atoms with Gasteiger partial charge >= 0.3 is 5.69 Å². The van der Waals surface area contributed by atoms with Crippen LogP contribution in [0.3, 0.4) is 0 Å². The van der Waals surface area contributed by atoms with E-state index in [-0.39, 0.29) is 29.6 Å². The van der Waals surface area contributed by atoms with E-state index in [1.165, 1.54) is 25.3 Å². The van der Waals surface area contributed by atoms with Gasteiger partial charge in [0.2, 0.25) is 0 Å². The number of benzene rings is 1. The average molecular weight is 268 g/mol. The Morgan fingerprint density at radius 3 is 2.79 bits per heavy atom. The van der Waals surface area contributed by atoms with Crippen molar-refractivity contribution in [3.63, 3.8) is 0 Å². The maximum absolute atomic E-state index is 11.8. The van der Waals surface area contributed by atoms with Crippen molar-refractivity contribution in [2.75, 3.05) is 13.7 Å². The minimum Gasteiger partial charge on any atom is -0.490 e. The number of nitro groups is 1. The molecule has 1 rings (SSSR count). The van der Waals surface area contributed by atoms with Crippen LogP contribution in [0.4, 0.5) is 5.69 Å². The zero-order valence-corrected chi connectivity index (χ0v) is 10.8. The van der Waals surface area contributed by atoms with Crippen molar-refractivity contribution < 1.29 is 19.6 Å². The molecule has 0 radical (unpaired) electrons. The highest BCUT2D eigenvalue weighted by Gasteiger charge is 2.18. The monoisotopic (exact) mass is 268 g/mol. The third kappa shape index (κ3) is 3.92. The predicted molar refractivity (Wildman–Crippen MR) is 68.3 cm³/mol. The molecule has 7 nitrogen and oxygen atoms in total. The maximum Gasteiger partial charge on any atom is 0.311 e. The summed E-state index contributed by atoms with van der Waals surface area (Å²) in [6.07, 6.45) is 0.421. The van der Waals surface area contributed by atoms with Crippen LogP contribution in [0.25, 0.3) is 0 Å². The molecule has 0 aromatic heterocycles. The van der Waals surface area contributed by atoms with Crippen LogP contribution < -0.4 is 10.1 Å². The number of aliphatic hydroxyl groups is 1. The molecule has 7 heteroatoms. The first kappa shape index (κ1) is 14.9. The van der Waals surface area contributed by atoms with Gasteiger partial charge in [-0.2, -0.15) is 0 Å². The molecule has 1 atom stereocenters. The number of ether oxygens (including phenoxy) is 1. The van der Waals surface area contributed by atoms with E-state index in [0.717, 1.165) is 0 Å². The Morgan fingerprint density at radius 1 is 1.58 bits per heavy atom. The van der Waals surface area contributed by atoms with Crippen molar-refractivity contribution in [3.8, 4) is 5.75 Å². The smallest absolute Gasteiger partial charge is 0.311 e. The fourth-order valence-corrected chi connectivity index (χ4v) is 1.55. The highest BCUT2D eigenvalue weighted by atomic mass is 16.6. The summed E-state index contributed by atoms with van der Waals surface area (Å²) in [5.74, 6) is -0.323. The second-order valence-electron chi connectivity index (χ2n) is 4.03. The molecule has 0 aliphatic rings. The van der Waals surface area contributed by atoms with Gasteiger partial charge in [-0.15, -0.1) is 0 Å². The van der Waals surface area contributed by atoms with E-state index in [2.05, 4.69) is 5.32 Å². The van der Waals surface area contributed by atoms with Crippen LogP contribution >= 0.6 is 0 Å². The van der Waals surface area contributed by atoms with Crippen LogP contribution in [-0.4, -0.2) is 35.7 Å². The Balaban J connectivity index is 2.92. The number of carbonyl (C=O) groups is 1. The molecule has 0 spiro atoms. The molecule has 0 heterocycles. The highest BCUT2D eigenvalue weighted by Crippen LogP contribution is 2.27. The SMILES string of the molecule is COc1ccc(C(=O)NC(C)CCO)cc1[N+](=O)[O-]. The molecule has 0 saturated heterocycles. The second-order valence-corrected chi connectivity index (χ2v) is 4.03. The molecule has 0 bridgehead atoms. The number of nitro benzene ring substituents is 1. The Labute approximate surface area is 110 Å². The van der Waals surface area contributed by atoms with Crippen LogP contribution in [0.2, 0.25) is 0 Å². The molecular weight excluding hydrogens is 252 g/mol. The largest absolute Gasteiger partial charge is 0.490 e. The fraction of sp³-hybridized carbons (Fsp3) is 0.417. The van der Waals surface area contributed by atoms with Crippen molar-refractivity contribution in [2.45, 2.75) is 19.4 Å². The van der Waals surface area contributed by atoms with Gasteiger partial charge in [-0.05, 0) is 25.5 Å².